The van der Waals surface area contributed by atoms with E-state index in [0.717, 1.165) is 18.8 Å². The largest absolute Gasteiger partial charge is 0.508 e. The Kier molecular flexibility index (Phi) is 4.40. The van der Waals surface area contributed by atoms with E-state index in [4.69, 9.17) is 0 Å². The van der Waals surface area contributed by atoms with Crippen LogP contribution in [0.15, 0.2) is 84.9 Å². The number of hydrogen-bond acceptors (Lipinski definition) is 2. The summed E-state index contributed by atoms with van der Waals surface area (Å²) in [6.07, 6.45) is 0. The van der Waals surface area contributed by atoms with Crippen molar-refractivity contribution in [2.75, 3.05) is 4.90 Å². The molecule has 3 aromatic rings. The maximum absolute atomic E-state index is 9.50. The number of nitrogens with zero attached hydrogens (tertiary/aromatic N) is 1. The molecule has 0 fully saturated rings. The van der Waals surface area contributed by atoms with Gasteiger partial charge in [0.05, 0.1) is 0 Å². The van der Waals surface area contributed by atoms with Gasteiger partial charge in [-0.1, -0.05) is 60.7 Å². The fourth-order valence-corrected chi connectivity index (χ4v) is 2.51. The smallest absolute Gasteiger partial charge is 0.115 e. The predicted octanol–water partition coefficient (Wildman–Crippen LogP) is 4.60. The number of hydrogen-bond donors (Lipinski definition) is 1. The Labute approximate surface area is 131 Å². The van der Waals surface area contributed by atoms with E-state index in [1.807, 2.05) is 24.3 Å². The lowest BCUT2D eigenvalue weighted by Crippen LogP contribution is -2.21. The summed E-state index contributed by atoms with van der Waals surface area (Å²) in [4.78, 5) is 2.31. The van der Waals surface area contributed by atoms with Gasteiger partial charge in [-0.15, -0.1) is 0 Å². The van der Waals surface area contributed by atoms with Gasteiger partial charge in [0.15, 0.2) is 0 Å². The molecule has 3 aromatic carbocycles. The standard InChI is InChI=1S/C20H19NO/c22-20-13-11-19(12-14-20)21(15-17-7-3-1-4-8-17)16-18-9-5-2-6-10-18/h1-14,22H,15-16H2. The van der Waals surface area contributed by atoms with Gasteiger partial charge in [-0.05, 0) is 35.4 Å². The fraction of sp³-hybridized carbons (Fsp3) is 0.100. The molecule has 0 atom stereocenters. The first-order valence-electron chi connectivity index (χ1n) is 7.43. The highest BCUT2D eigenvalue weighted by Crippen LogP contribution is 2.22. The van der Waals surface area contributed by atoms with Crippen molar-refractivity contribution in [3.63, 3.8) is 0 Å². The highest BCUT2D eigenvalue weighted by Gasteiger charge is 2.08. The molecule has 0 unspecified atom stereocenters. The van der Waals surface area contributed by atoms with Gasteiger partial charge in [-0.3, -0.25) is 0 Å². The average Bonchev–Trinajstić information content (AvgIpc) is 2.57. The van der Waals surface area contributed by atoms with Gasteiger partial charge < -0.3 is 10.0 Å². The molecule has 0 aliphatic rings. The van der Waals surface area contributed by atoms with Crippen LogP contribution in [0.25, 0.3) is 0 Å². The van der Waals surface area contributed by atoms with Crippen molar-refractivity contribution in [2.24, 2.45) is 0 Å². The molecule has 0 aliphatic carbocycles. The van der Waals surface area contributed by atoms with Crippen LogP contribution in [0.5, 0.6) is 5.75 Å². The molecule has 0 spiro atoms. The monoisotopic (exact) mass is 289 g/mol. The van der Waals surface area contributed by atoms with Gasteiger partial charge in [0.1, 0.15) is 5.75 Å². The van der Waals surface area contributed by atoms with E-state index < -0.39 is 0 Å². The summed E-state index contributed by atoms with van der Waals surface area (Å²) >= 11 is 0. The topological polar surface area (TPSA) is 23.5 Å². The molecule has 0 aliphatic heterocycles. The summed E-state index contributed by atoms with van der Waals surface area (Å²) in [5, 5.41) is 9.50. The molecule has 2 nitrogen and oxygen atoms in total. The molecule has 3 rings (SSSR count). The number of benzene rings is 3. The lowest BCUT2D eigenvalue weighted by atomic mass is 10.1. The quantitative estimate of drug-likeness (QED) is 0.742. The van der Waals surface area contributed by atoms with Gasteiger partial charge in [-0.2, -0.15) is 0 Å². The number of phenols is 1. The molecule has 110 valence electrons. The molecular formula is C20H19NO. The van der Waals surface area contributed by atoms with E-state index in [-0.39, 0.29) is 0 Å². The Morgan fingerprint density at radius 1 is 0.591 bits per heavy atom. The van der Waals surface area contributed by atoms with Crippen LogP contribution in [-0.2, 0) is 13.1 Å². The summed E-state index contributed by atoms with van der Waals surface area (Å²) in [5.74, 6) is 0.295. The van der Waals surface area contributed by atoms with Gasteiger partial charge in [0.2, 0.25) is 0 Å². The first-order valence-corrected chi connectivity index (χ1v) is 7.43. The van der Waals surface area contributed by atoms with Crippen LogP contribution in [0.1, 0.15) is 11.1 Å². The predicted molar refractivity (Wildman–Crippen MR) is 90.9 cm³/mol. The zero-order valence-electron chi connectivity index (χ0n) is 12.4. The molecule has 0 amide bonds. The number of rotatable bonds is 5. The summed E-state index contributed by atoms with van der Waals surface area (Å²) in [5.41, 5.74) is 3.64. The van der Waals surface area contributed by atoms with Crippen molar-refractivity contribution < 1.29 is 5.11 Å². The van der Waals surface area contributed by atoms with Crippen molar-refractivity contribution >= 4 is 5.69 Å². The van der Waals surface area contributed by atoms with Crippen molar-refractivity contribution in [2.45, 2.75) is 13.1 Å². The van der Waals surface area contributed by atoms with Crippen molar-refractivity contribution in [1.82, 2.24) is 0 Å². The summed E-state index contributed by atoms with van der Waals surface area (Å²) in [6, 6.07) is 28.3. The zero-order valence-corrected chi connectivity index (χ0v) is 12.4. The van der Waals surface area contributed by atoms with E-state index in [2.05, 4.69) is 53.4 Å². The van der Waals surface area contributed by atoms with Crippen molar-refractivity contribution in [3.05, 3.63) is 96.1 Å². The number of aromatic hydroxyl groups is 1. The second-order valence-corrected chi connectivity index (χ2v) is 5.34. The van der Waals surface area contributed by atoms with Gasteiger partial charge in [0, 0.05) is 18.8 Å². The van der Waals surface area contributed by atoms with Crippen LogP contribution in [-0.4, -0.2) is 5.11 Å². The Hall–Kier alpha value is -2.74. The molecular weight excluding hydrogens is 270 g/mol. The molecule has 0 bridgehead atoms. The molecule has 0 radical (unpaired) electrons. The van der Waals surface area contributed by atoms with Gasteiger partial charge in [-0.25, -0.2) is 0 Å². The Morgan fingerprint density at radius 3 is 1.50 bits per heavy atom. The lowest BCUT2D eigenvalue weighted by molar-refractivity contribution is 0.475. The third kappa shape index (κ3) is 3.67. The summed E-state index contributed by atoms with van der Waals surface area (Å²) in [6.45, 7) is 1.67. The molecule has 2 heteroatoms. The van der Waals surface area contributed by atoms with E-state index in [9.17, 15) is 5.11 Å². The third-order valence-electron chi connectivity index (χ3n) is 3.65. The maximum Gasteiger partial charge on any atom is 0.115 e. The molecule has 1 N–H and O–H groups in total. The molecule has 0 aromatic heterocycles. The Bertz CT molecular complexity index is 651. The van der Waals surface area contributed by atoms with Crippen LogP contribution in [0.4, 0.5) is 5.69 Å². The SMILES string of the molecule is Oc1ccc(N(Cc2ccccc2)Cc2ccccc2)cc1. The van der Waals surface area contributed by atoms with Gasteiger partial charge in [0.25, 0.3) is 0 Å². The average molecular weight is 289 g/mol. The minimum Gasteiger partial charge on any atom is -0.508 e. The Morgan fingerprint density at radius 2 is 1.05 bits per heavy atom. The highest BCUT2D eigenvalue weighted by atomic mass is 16.3. The second-order valence-electron chi connectivity index (χ2n) is 5.34. The second kappa shape index (κ2) is 6.81. The lowest BCUT2D eigenvalue weighted by Gasteiger charge is -2.25. The van der Waals surface area contributed by atoms with Crippen LogP contribution in [0.3, 0.4) is 0 Å². The van der Waals surface area contributed by atoms with E-state index in [0.29, 0.717) is 5.75 Å². The molecule has 22 heavy (non-hydrogen) atoms. The zero-order chi connectivity index (χ0) is 15.2. The maximum atomic E-state index is 9.50. The first kappa shape index (κ1) is 14.2. The molecule has 0 heterocycles. The number of phenolic OH excluding ortho intramolecular Hbond substituents is 1. The van der Waals surface area contributed by atoms with Crippen LogP contribution in [0.2, 0.25) is 0 Å². The van der Waals surface area contributed by atoms with Gasteiger partial charge >= 0.3 is 0 Å². The third-order valence-corrected chi connectivity index (χ3v) is 3.65. The van der Waals surface area contributed by atoms with Crippen LogP contribution >= 0.6 is 0 Å². The van der Waals surface area contributed by atoms with E-state index >= 15 is 0 Å². The van der Waals surface area contributed by atoms with Crippen LogP contribution < -0.4 is 4.90 Å². The van der Waals surface area contributed by atoms with E-state index in [1.54, 1.807) is 12.1 Å². The number of anilines is 1. The molecule has 0 saturated heterocycles. The normalized spacial score (nSPS) is 10.4. The fourth-order valence-electron chi connectivity index (χ4n) is 2.51. The van der Waals surface area contributed by atoms with Crippen LogP contribution in [0, 0.1) is 0 Å². The Balaban J connectivity index is 1.86. The summed E-state index contributed by atoms with van der Waals surface area (Å²) in [7, 11) is 0. The first-order chi connectivity index (χ1) is 10.8. The van der Waals surface area contributed by atoms with Crippen molar-refractivity contribution in [1.29, 1.82) is 0 Å². The molecule has 0 saturated carbocycles. The highest BCUT2D eigenvalue weighted by molar-refractivity contribution is 5.49. The minimum absolute atomic E-state index is 0.295. The van der Waals surface area contributed by atoms with E-state index in [1.165, 1.54) is 11.1 Å². The minimum atomic E-state index is 0.295. The van der Waals surface area contributed by atoms with Crippen molar-refractivity contribution in [3.8, 4) is 5.75 Å². The summed E-state index contributed by atoms with van der Waals surface area (Å²) < 4.78 is 0.